The molecule has 17 heavy (non-hydrogen) atoms. The Hall–Kier alpha value is 0.260. The molecule has 0 spiro atoms. The molecule has 0 N–H and O–H groups in total. The van der Waals surface area contributed by atoms with E-state index < -0.39 is 0 Å². The summed E-state index contributed by atoms with van der Waals surface area (Å²) in [5.74, 6) is 2.76. The topological polar surface area (TPSA) is 29.5 Å². The second kappa shape index (κ2) is 7.64. The Kier molecular flexibility index (Phi) is 6.89. The highest BCUT2D eigenvalue weighted by atomic mass is 79.9. The summed E-state index contributed by atoms with van der Waals surface area (Å²) in [5, 5.41) is 0. The monoisotopic (exact) mass is 323 g/mol. The molecule has 0 aromatic heterocycles. The maximum atomic E-state index is 12.4. The Labute approximate surface area is 117 Å². The predicted octanol–water partition coefficient (Wildman–Crippen LogP) is 2.39. The number of halogens is 1. The number of methoxy groups -OCH3 is 1. The Bertz CT molecular complexity index is 245. The summed E-state index contributed by atoms with van der Waals surface area (Å²) in [7, 11) is 1.68. The highest BCUT2D eigenvalue weighted by Crippen LogP contribution is 2.25. The fraction of sp³-hybridized carbons (Fsp3) is 0.917. The first-order valence-corrected chi connectivity index (χ1v) is 8.16. The van der Waals surface area contributed by atoms with Gasteiger partial charge in [0.1, 0.15) is 0 Å². The standard InChI is InChI=1S/C12H22BrNO2S/c1-9(2)11(13)12(15)14(5-6-16-3)10-4-7-17-8-10/h9-11H,4-8H2,1-3H3. The van der Waals surface area contributed by atoms with Crippen LogP contribution in [0.1, 0.15) is 20.3 Å². The van der Waals surface area contributed by atoms with Gasteiger partial charge < -0.3 is 9.64 Å². The van der Waals surface area contributed by atoms with E-state index in [1.807, 2.05) is 16.7 Å². The fourth-order valence-electron chi connectivity index (χ4n) is 1.87. The Morgan fingerprint density at radius 2 is 2.29 bits per heavy atom. The number of thioether (sulfide) groups is 1. The molecule has 3 nitrogen and oxygen atoms in total. The van der Waals surface area contributed by atoms with Crippen molar-refractivity contribution in [3.63, 3.8) is 0 Å². The van der Waals surface area contributed by atoms with Gasteiger partial charge >= 0.3 is 0 Å². The van der Waals surface area contributed by atoms with Gasteiger partial charge in [-0.15, -0.1) is 0 Å². The lowest BCUT2D eigenvalue weighted by Gasteiger charge is -2.31. The molecule has 1 aliphatic heterocycles. The lowest BCUT2D eigenvalue weighted by Crippen LogP contribution is -2.46. The first-order valence-electron chi connectivity index (χ1n) is 6.09. The first-order chi connectivity index (χ1) is 8.07. The number of alkyl halides is 1. The van der Waals surface area contributed by atoms with Gasteiger partial charge in [-0.25, -0.2) is 0 Å². The summed E-state index contributed by atoms with van der Waals surface area (Å²) in [4.78, 5) is 14.3. The van der Waals surface area contributed by atoms with Gasteiger partial charge in [-0.05, 0) is 18.1 Å². The number of nitrogens with zero attached hydrogens (tertiary/aromatic N) is 1. The van der Waals surface area contributed by atoms with Crippen molar-refractivity contribution in [1.82, 2.24) is 4.90 Å². The number of hydrogen-bond donors (Lipinski definition) is 0. The van der Waals surface area contributed by atoms with Crippen LogP contribution in [0.15, 0.2) is 0 Å². The van der Waals surface area contributed by atoms with Crippen molar-refractivity contribution in [2.24, 2.45) is 5.92 Å². The molecule has 1 saturated heterocycles. The van der Waals surface area contributed by atoms with Gasteiger partial charge in [0.25, 0.3) is 0 Å². The van der Waals surface area contributed by atoms with E-state index in [-0.39, 0.29) is 10.7 Å². The summed E-state index contributed by atoms with van der Waals surface area (Å²) >= 11 is 5.44. The van der Waals surface area contributed by atoms with Gasteiger partial charge in [-0.3, -0.25) is 4.79 Å². The van der Waals surface area contributed by atoms with Gasteiger partial charge in [0.15, 0.2) is 0 Å². The zero-order chi connectivity index (χ0) is 12.8. The molecule has 0 radical (unpaired) electrons. The van der Waals surface area contributed by atoms with Crippen LogP contribution < -0.4 is 0 Å². The second-order valence-electron chi connectivity index (χ2n) is 4.69. The molecule has 1 aliphatic rings. The molecule has 1 fully saturated rings. The molecule has 0 aromatic rings. The van der Waals surface area contributed by atoms with E-state index in [2.05, 4.69) is 29.8 Å². The van der Waals surface area contributed by atoms with Crippen LogP contribution in [0.5, 0.6) is 0 Å². The minimum Gasteiger partial charge on any atom is -0.383 e. The van der Waals surface area contributed by atoms with E-state index >= 15 is 0 Å². The first kappa shape index (κ1) is 15.3. The smallest absolute Gasteiger partial charge is 0.236 e. The van der Waals surface area contributed by atoms with Gasteiger partial charge in [0.05, 0.1) is 11.4 Å². The van der Waals surface area contributed by atoms with Crippen LogP contribution in [0.25, 0.3) is 0 Å². The number of amides is 1. The summed E-state index contributed by atoms with van der Waals surface area (Å²) in [6.07, 6.45) is 1.11. The zero-order valence-electron chi connectivity index (χ0n) is 10.8. The van der Waals surface area contributed by atoms with Crippen molar-refractivity contribution in [3.05, 3.63) is 0 Å². The predicted molar refractivity (Wildman–Crippen MR) is 76.9 cm³/mol. The van der Waals surface area contributed by atoms with E-state index in [0.29, 0.717) is 25.1 Å². The molecule has 0 aromatic carbocycles. The van der Waals surface area contributed by atoms with Crippen molar-refractivity contribution >= 4 is 33.6 Å². The molecule has 100 valence electrons. The quantitative estimate of drug-likeness (QED) is 0.703. The number of carbonyl (C=O) groups is 1. The average Bonchev–Trinajstić information content (AvgIpc) is 2.81. The van der Waals surface area contributed by atoms with Gasteiger partial charge in [-0.1, -0.05) is 29.8 Å². The Morgan fingerprint density at radius 1 is 1.59 bits per heavy atom. The van der Waals surface area contributed by atoms with Crippen LogP contribution in [-0.2, 0) is 9.53 Å². The molecule has 0 saturated carbocycles. The molecule has 1 amide bonds. The molecule has 0 bridgehead atoms. The maximum absolute atomic E-state index is 12.4. The van der Waals surface area contributed by atoms with E-state index in [0.717, 1.165) is 17.9 Å². The normalized spacial score (nSPS) is 21.8. The minimum absolute atomic E-state index is 0.0787. The van der Waals surface area contributed by atoms with Gasteiger partial charge in [0.2, 0.25) is 5.91 Å². The third kappa shape index (κ3) is 4.45. The molecular weight excluding hydrogens is 302 g/mol. The Morgan fingerprint density at radius 3 is 2.76 bits per heavy atom. The molecule has 2 unspecified atom stereocenters. The third-order valence-corrected chi connectivity index (χ3v) is 5.58. The van der Waals surface area contributed by atoms with Crippen molar-refractivity contribution in [1.29, 1.82) is 0 Å². The average molecular weight is 324 g/mol. The molecule has 5 heteroatoms. The van der Waals surface area contributed by atoms with Crippen molar-refractivity contribution in [2.45, 2.75) is 31.1 Å². The van der Waals surface area contributed by atoms with E-state index in [4.69, 9.17) is 4.74 Å². The molecule has 2 atom stereocenters. The zero-order valence-corrected chi connectivity index (χ0v) is 13.2. The summed E-state index contributed by atoms with van der Waals surface area (Å²) in [6.45, 7) is 5.45. The van der Waals surface area contributed by atoms with Crippen molar-refractivity contribution in [2.75, 3.05) is 31.8 Å². The lowest BCUT2D eigenvalue weighted by molar-refractivity contribution is -0.133. The van der Waals surface area contributed by atoms with Crippen LogP contribution in [0, 0.1) is 5.92 Å². The van der Waals surface area contributed by atoms with E-state index in [9.17, 15) is 4.79 Å². The Balaban J connectivity index is 2.63. The van der Waals surface area contributed by atoms with Gasteiger partial charge in [-0.2, -0.15) is 11.8 Å². The number of ether oxygens (including phenoxy) is 1. The van der Waals surface area contributed by atoms with Crippen molar-refractivity contribution in [3.8, 4) is 0 Å². The number of carbonyl (C=O) groups excluding carboxylic acids is 1. The second-order valence-corrected chi connectivity index (χ2v) is 6.82. The van der Waals surface area contributed by atoms with Crippen molar-refractivity contribution < 1.29 is 9.53 Å². The van der Waals surface area contributed by atoms with E-state index in [1.54, 1.807) is 7.11 Å². The molecule has 1 rings (SSSR count). The molecule has 0 aliphatic carbocycles. The largest absolute Gasteiger partial charge is 0.383 e. The summed E-state index contributed by atoms with van der Waals surface area (Å²) in [5.41, 5.74) is 0. The highest BCUT2D eigenvalue weighted by Gasteiger charge is 2.31. The SMILES string of the molecule is COCCN(C(=O)C(Br)C(C)C)C1CCSC1. The molecule has 1 heterocycles. The minimum atomic E-state index is -0.0787. The highest BCUT2D eigenvalue weighted by molar-refractivity contribution is 9.10. The number of rotatable bonds is 6. The van der Waals surface area contributed by atoms with Crippen LogP contribution in [0.2, 0.25) is 0 Å². The van der Waals surface area contributed by atoms with E-state index in [1.165, 1.54) is 0 Å². The van der Waals surface area contributed by atoms with Gasteiger partial charge in [0, 0.05) is 25.4 Å². The maximum Gasteiger partial charge on any atom is 0.236 e. The summed E-state index contributed by atoms with van der Waals surface area (Å²) in [6, 6.07) is 0.390. The fourth-order valence-corrected chi connectivity index (χ4v) is 3.36. The van der Waals surface area contributed by atoms with Crippen LogP contribution in [0.4, 0.5) is 0 Å². The van der Waals surface area contributed by atoms with Crippen LogP contribution in [0.3, 0.4) is 0 Å². The lowest BCUT2D eigenvalue weighted by atomic mass is 10.1. The molecular formula is C12H22BrNO2S. The third-order valence-electron chi connectivity index (χ3n) is 2.99. The van der Waals surface area contributed by atoms with Crippen LogP contribution >= 0.6 is 27.7 Å². The van der Waals surface area contributed by atoms with Crippen LogP contribution in [-0.4, -0.2) is 53.4 Å². The summed E-state index contributed by atoms with van der Waals surface area (Å²) < 4.78 is 5.11. The number of hydrogen-bond acceptors (Lipinski definition) is 3.